The molecular weight excluding hydrogens is 124 g/mol. The minimum absolute atomic E-state index is 0.102. The molecule has 0 amide bonds. The summed E-state index contributed by atoms with van der Waals surface area (Å²) in [7, 11) is 3.95. The first kappa shape index (κ1) is 8.21. The van der Waals surface area contributed by atoms with Crippen LogP contribution in [0.1, 0.15) is 0 Å². The van der Waals surface area contributed by atoms with Crippen LogP contribution in [0.25, 0.3) is 0 Å². The lowest BCUT2D eigenvalue weighted by molar-refractivity contribution is 0.406. The Morgan fingerprint density at radius 3 is 2.25 bits per heavy atom. The van der Waals surface area contributed by atoms with E-state index < -0.39 is 0 Å². The molecule has 0 saturated carbocycles. The molecule has 0 bridgehead atoms. The van der Waals surface area contributed by atoms with Gasteiger partial charge in [0.15, 0.2) is 0 Å². The molecule has 0 aromatic heterocycles. The zero-order valence-electron chi connectivity index (χ0n) is 5.39. The van der Waals surface area contributed by atoms with Crippen LogP contribution in [0, 0.1) is 0 Å². The number of nitrogens with zero attached hydrogens (tertiary/aromatic N) is 1. The number of alkyl halides is 1. The van der Waals surface area contributed by atoms with Crippen molar-refractivity contribution < 1.29 is 0 Å². The molecule has 8 heavy (non-hydrogen) atoms. The van der Waals surface area contributed by atoms with E-state index in [2.05, 4.69) is 0 Å². The maximum Gasteiger partial charge on any atom is 0.0585 e. The zero-order chi connectivity index (χ0) is 6.57. The molecule has 0 aliphatic carbocycles. The molecule has 0 aromatic carbocycles. The van der Waals surface area contributed by atoms with Crippen LogP contribution in [0.3, 0.4) is 0 Å². The molecule has 0 spiro atoms. The summed E-state index contributed by atoms with van der Waals surface area (Å²) in [6.07, 6.45) is 0. The molecule has 1 atom stereocenters. The van der Waals surface area contributed by atoms with Crippen molar-refractivity contribution in [1.82, 2.24) is 4.90 Å². The average molecular weight is 137 g/mol. The summed E-state index contributed by atoms with van der Waals surface area (Å²) >= 11 is 5.69. The van der Waals surface area contributed by atoms with Crippen LogP contribution >= 0.6 is 11.6 Å². The minimum Gasteiger partial charge on any atom is -0.329 e. The summed E-state index contributed by atoms with van der Waals surface area (Å²) in [6, 6.07) is 0. The Hall–Kier alpha value is 0.210. The van der Waals surface area contributed by atoms with E-state index in [-0.39, 0.29) is 5.38 Å². The van der Waals surface area contributed by atoms with Crippen LogP contribution in [0.4, 0.5) is 0 Å². The molecule has 50 valence electrons. The molecule has 1 unspecified atom stereocenters. The third-order valence-corrected chi connectivity index (χ3v) is 1.14. The van der Waals surface area contributed by atoms with Gasteiger partial charge in [-0.05, 0) is 14.1 Å². The molecule has 0 aromatic rings. The van der Waals surface area contributed by atoms with Crippen LogP contribution in [-0.2, 0) is 0 Å². The normalized spacial score (nSPS) is 14.6. The van der Waals surface area contributed by atoms with Crippen LogP contribution in [0.15, 0.2) is 0 Å². The highest BCUT2D eigenvalue weighted by atomic mass is 35.5. The predicted molar refractivity (Wildman–Crippen MR) is 37.2 cm³/mol. The van der Waals surface area contributed by atoms with Crippen molar-refractivity contribution in [1.29, 1.82) is 0 Å². The van der Waals surface area contributed by atoms with Gasteiger partial charge in [-0.25, -0.2) is 0 Å². The highest BCUT2D eigenvalue weighted by Crippen LogP contribution is 1.92. The van der Waals surface area contributed by atoms with E-state index in [0.717, 1.165) is 6.54 Å². The first-order valence-electron chi connectivity index (χ1n) is 2.65. The molecule has 2 nitrogen and oxygen atoms in total. The molecule has 2 N–H and O–H groups in total. The van der Waals surface area contributed by atoms with Gasteiger partial charge in [0, 0.05) is 13.1 Å². The highest BCUT2D eigenvalue weighted by Gasteiger charge is 2.00. The minimum atomic E-state index is 0.102. The Bertz CT molecular complexity index is 56.4. The predicted octanol–water partition coefficient (Wildman–Crippen LogP) is 0.114. The average Bonchev–Trinajstić information content (AvgIpc) is 1.65. The van der Waals surface area contributed by atoms with Gasteiger partial charge in [0.1, 0.15) is 0 Å². The molecular formula is C5H13ClN2. The summed E-state index contributed by atoms with van der Waals surface area (Å²) in [5, 5.41) is 0.102. The van der Waals surface area contributed by atoms with E-state index in [4.69, 9.17) is 17.3 Å². The Labute approximate surface area is 55.6 Å². The van der Waals surface area contributed by atoms with E-state index in [1.165, 1.54) is 0 Å². The van der Waals surface area contributed by atoms with Crippen molar-refractivity contribution in [2.75, 3.05) is 27.2 Å². The molecule has 3 heteroatoms. The Kier molecular flexibility index (Phi) is 4.23. The summed E-state index contributed by atoms with van der Waals surface area (Å²) in [5.74, 6) is 0. The van der Waals surface area contributed by atoms with E-state index in [0.29, 0.717) is 6.54 Å². The second kappa shape index (κ2) is 4.13. The maximum absolute atomic E-state index is 5.69. The fourth-order valence-corrected chi connectivity index (χ4v) is 0.747. The van der Waals surface area contributed by atoms with Crippen molar-refractivity contribution in [3.8, 4) is 0 Å². The van der Waals surface area contributed by atoms with Crippen LogP contribution in [0.2, 0.25) is 0 Å². The molecule has 0 radical (unpaired) electrons. The number of halogens is 1. The van der Waals surface area contributed by atoms with Crippen molar-refractivity contribution in [2.45, 2.75) is 5.38 Å². The molecule has 0 rings (SSSR count). The van der Waals surface area contributed by atoms with Gasteiger partial charge in [-0.3, -0.25) is 0 Å². The van der Waals surface area contributed by atoms with Crippen molar-refractivity contribution >= 4 is 11.6 Å². The highest BCUT2D eigenvalue weighted by molar-refractivity contribution is 6.20. The van der Waals surface area contributed by atoms with Gasteiger partial charge in [0.2, 0.25) is 0 Å². The van der Waals surface area contributed by atoms with E-state index >= 15 is 0 Å². The van der Waals surface area contributed by atoms with Gasteiger partial charge in [0.05, 0.1) is 5.38 Å². The van der Waals surface area contributed by atoms with Gasteiger partial charge in [-0.15, -0.1) is 11.6 Å². The van der Waals surface area contributed by atoms with Gasteiger partial charge in [-0.2, -0.15) is 0 Å². The molecule has 0 fully saturated rings. The Balaban J connectivity index is 3.10. The van der Waals surface area contributed by atoms with Crippen LogP contribution < -0.4 is 5.73 Å². The lowest BCUT2D eigenvalue weighted by atomic mass is 10.4. The number of nitrogens with two attached hydrogens (primary N) is 1. The Morgan fingerprint density at radius 1 is 1.62 bits per heavy atom. The third kappa shape index (κ3) is 4.37. The SMILES string of the molecule is CN(C)CC(Cl)CN. The van der Waals surface area contributed by atoms with Gasteiger partial charge in [-0.1, -0.05) is 0 Å². The Morgan fingerprint density at radius 2 is 2.12 bits per heavy atom. The second-order valence-electron chi connectivity index (χ2n) is 2.10. The lowest BCUT2D eigenvalue weighted by Crippen LogP contribution is -2.27. The number of hydrogen-bond acceptors (Lipinski definition) is 2. The second-order valence-corrected chi connectivity index (χ2v) is 2.71. The summed E-state index contributed by atoms with van der Waals surface area (Å²) < 4.78 is 0. The van der Waals surface area contributed by atoms with Crippen molar-refractivity contribution in [3.05, 3.63) is 0 Å². The smallest absolute Gasteiger partial charge is 0.0585 e. The summed E-state index contributed by atoms with van der Waals surface area (Å²) in [4.78, 5) is 2.02. The van der Waals surface area contributed by atoms with E-state index in [1.54, 1.807) is 0 Å². The lowest BCUT2D eigenvalue weighted by Gasteiger charge is -2.12. The fourth-order valence-electron chi connectivity index (χ4n) is 0.471. The largest absolute Gasteiger partial charge is 0.329 e. The third-order valence-electron chi connectivity index (χ3n) is 0.819. The first-order chi connectivity index (χ1) is 3.66. The van der Waals surface area contributed by atoms with Gasteiger partial charge >= 0.3 is 0 Å². The zero-order valence-corrected chi connectivity index (χ0v) is 6.15. The standard InChI is InChI=1S/C5H13ClN2/c1-8(2)4-5(6)3-7/h5H,3-4,7H2,1-2H3. The number of hydrogen-bond donors (Lipinski definition) is 1. The molecule has 0 aliphatic heterocycles. The number of rotatable bonds is 3. The molecule has 0 saturated heterocycles. The van der Waals surface area contributed by atoms with E-state index in [9.17, 15) is 0 Å². The molecule has 0 aliphatic rings. The first-order valence-corrected chi connectivity index (χ1v) is 3.09. The van der Waals surface area contributed by atoms with Gasteiger partial charge in [0.25, 0.3) is 0 Å². The van der Waals surface area contributed by atoms with Crippen LogP contribution in [-0.4, -0.2) is 37.5 Å². The van der Waals surface area contributed by atoms with Crippen LogP contribution in [0.5, 0.6) is 0 Å². The monoisotopic (exact) mass is 136 g/mol. The molecule has 0 heterocycles. The summed E-state index contributed by atoms with van der Waals surface area (Å²) in [6.45, 7) is 1.41. The summed E-state index contributed by atoms with van der Waals surface area (Å²) in [5.41, 5.74) is 5.26. The fraction of sp³-hybridized carbons (Fsp3) is 1.00. The maximum atomic E-state index is 5.69. The van der Waals surface area contributed by atoms with Gasteiger partial charge < -0.3 is 10.6 Å². The quantitative estimate of drug-likeness (QED) is 0.559. The van der Waals surface area contributed by atoms with Crippen molar-refractivity contribution in [3.63, 3.8) is 0 Å². The topological polar surface area (TPSA) is 29.3 Å². The van der Waals surface area contributed by atoms with Crippen molar-refractivity contribution in [2.24, 2.45) is 5.73 Å². The van der Waals surface area contributed by atoms with E-state index in [1.807, 2.05) is 19.0 Å².